The number of aromatic amines is 1. The molecule has 102 valence electrons. The second-order valence-electron chi connectivity index (χ2n) is 4.86. The van der Waals surface area contributed by atoms with Crippen molar-refractivity contribution in [2.45, 2.75) is 39.2 Å². The zero-order chi connectivity index (χ0) is 13.8. The largest absolute Gasteiger partial charge is 0.395 e. The topological polar surface area (TPSA) is 93.0 Å². The Balaban J connectivity index is 2.67. The summed E-state index contributed by atoms with van der Waals surface area (Å²) in [5, 5.41) is 9.52. The summed E-state index contributed by atoms with van der Waals surface area (Å²) in [6, 6.07) is 0. The maximum Gasteiger partial charge on any atom is 0.274 e. The first kappa shape index (κ1) is 14.5. The number of carbonyl (C=O) groups excluding carboxylic acids is 1. The lowest BCUT2D eigenvalue weighted by molar-refractivity contribution is 0.0228. The fourth-order valence-electron chi connectivity index (χ4n) is 1.45. The highest BCUT2D eigenvalue weighted by molar-refractivity contribution is 5.97. The molecule has 0 bridgehead atoms. The molecule has 1 rings (SSSR count). The fourth-order valence-corrected chi connectivity index (χ4v) is 1.45. The number of nitrogen functional groups attached to an aromatic ring is 1. The van der Waals surface area contributed by atoms with E-state index in [9.17, 15) is 4.79 Å². The van der Waals surface area contributed by atoms with Gasteiger partial charge in [0.1, 0.15) is 0 Å². The van der Waals surface area contributed by atoms with Gasteiger partial charge in [-0.3, -0.25) is 9.89 Å². The van der Waals surface area contributed by atoms with Crippen LogP contribution in [0.1, 0.15) is 43.4 Å². The minimum Gasteiger partial charge on any atom is -0.395 e. The maximum absolute atomic E-state index is 11.9. The summed E-state index contributed by atoms with van der Waals surface area (Å²) in [6.07, 6.45) is 1.74. The van der Waals surface area contributed by atoms with Crippen LogP contribution in [0.15, 0.2) is 0 Å². The molecular formula is C12H22N4O2. The third kappa shape index (κ3) is 3.46. The molecule has 1 aromatic heterocycles. The smallest absolute Gasteiger partial charge is 0.274 e. The lowest BCUT2D eigenvalue weighted by atomic mass is 10.1. The Labute approximate surface area is 107 Å². The van der Waals surface area contributed by atoms with E-state index >= 15 is 0 Å². The van der Waals surface area contributed by atoms with E-state index < -0.39 is 5.60 Å². The minimum atomic E-state index is -0.410. The number of aromatic nitrogens is 2. The summed E-state index contributed by atoms with van der Waals surface area (Å²) >= 11 is 0. The van der Waals surface area contributed by atoms with Crippen LogP contribution in [0.2, 0.25) is 0 Å². The summed E-state index contributed by atoms with van der Waals surface area (Å²) in [5.41, 5.74) is 6.97. The fraction of sp³-hybridized carbons (Fsp3) is 0.667. The van der Waals surface area contributed by atoms with Gasteiger partial charge >= 0.3 is 0 Å². The van der Waals surface area contributed by atoms with Gasteiger partial charge in [-0.05, 0) is 20.3 Å². The van der Waals surface area contributed by atoms with Crippen molar-refractivity contribution in [3.05, 3.63) is 11.4 Å². The number of carbonyl (C=O) groups is 1. The molecule has 0 spiro atoms. The van der Waals surface area contributed by atoms with Crippen molar-refractivity contribution in [2.24, 2.45) is 0 Å². The Morgan fingerprint density at radius 1 is 1.56 bits per heavy atom. The molecule has 0 atom stereocenters. The number of nitrogens with two attached hydrogens (primary N) is 1. The van der Waals surface area contributed by atoms with E-state index in [0.717, 1.165) is 18.5 Å². The van der Waals surface area contributed by atoms with Crippen LogP contribution in [-0.4, -0.2) is 35.4 Å². The van der Waals surface area contributed by atoms with E-state index in [4.69, 9.17) is 10.5 Å². The predicted molar refractivity (Wildman–Crippen MR) is 70.4 cm³/mol. The minimum absolute atomic E-state index is 0.255. The number of anilines is 1. The van der Waals surface area contributed by atoms with Gasteiger partial charge in [0.2, 0.25) is 0 Å². The van der Waals surface area contributed by atoms with Crippen molar-refractivity contribution < 1.29 is 9.53 Å². The third-order valence-corrected chi connectivity index (χ3v) is 2.83. The SMILES string of the molecule is CCCc1[nH]nc(C(=O)NCC(C)(C)OC)c1N. The van der Waals surface area contributed by atoms with Crippen LogP contribution >= 0.6 is 0 Å². The molecule has 0 aromatic carbocycles. The zero-order valence-corrected chi connectivity index (χ0v) is 11.5. The summed E-state index contributed by atoms with van der Waals surface area (Å²) < 4.78 is 5.22. The zero-order valence-electron chi connectivity index (χ0n) is 11.5. The van der Waals surface area contributed by atoms with E-state index in [-0.39, 0.29) is 11.6 Å². The van der Waals surface area contributed by atoms with Gasteiger partial charge in [0.25, 0.3) is 5.91 Å². The standard InChI is InChI=1S/C12H22N4O2/c1-5-6-8-9(13)10(16-15-8)11(17)14-7-12(2,3)18-4/h5-7,13H2,1-4H3,(H,14,17)(H,15,16). The van der Waals surface area contributed by atoms with E-state index in [1.165, 1.54) is 0 Å². The Bertz CT molecular complexity index is 412. The first-order valence-electron chi connectivity index (χ1n) is 6.07. The number of nitrogens with zero attached hydrogens (tertiary/aromatic N) is 1. The summed E-state index contributed by atoms with van der Waals surface area (Å²) in [7, 11) is 1.61. The predicted octanol–water partition coefficient (Wildman–Crippen LogP) is 1.10. The Morgan fingerprint density at radius 2 is 2.22 bits per heavy atom. The number of hydrogen-bond acceptors (Lipinski definition) is 4. The van der Waals surface area contributed by atoms with Crippen LogP contribution < -0.4 is 11.1 Å². The highest BCUT2D eigenvalue weighted by Crippen LogP contribution is 2.15. The van der Waals surface area contributed by atoms with E-state index in [1.807, 2.05) is 20.8 Å². The van der Waals surface area contributed by atoms with Gasteiger partial charge in [-0.25, -0.2) is 0 Å². The van der Waals surface area contributed by atoms with Gasteiger partial charge in [-0.15, -0.1) is 0 Å². The Hall–Kier alpha value is -1.56. The van der Waals surface area contributed by atoms with Crippen molar-refractivity contribution in [1.29, 1.82) is 0 Å². The van der Waals surface area contributed by atoms with Crippen molar-refractivity contribution in [3.8, 4) is 0 Å². The molecule has 0 saturated carbocycles. The van der Waals surface area contributed by atoms with Gasteiger partial charge in [0.15, 0.2) is 5.69 Å². The quantitative estimate of drug-likeness (QED) is 0.708. The Morgan fingerprint density at radius 3 is 2.78 bits per heavy atom. The summed E-state index contributed by atoms with van der Waals surface area (Å²) in [4.78, 5) is 11.9. The van der Waals surface area contributed by atoms with Crippen LogP contribution in [-0.2, 0) is 11.2 Å². The van der Waals surface area contributed by atoms with E-state index in [0.29, 0.717) is 12.2 Å². The molecular weight excluding hydrogens is 232 g/mol. The number of H-pyrrole nitrogens is 1. The van der Waals surface area contributed by atoms with Gasteiger partial charge in [0.05, 0.1) is 17.0 Å². The van der Waals surface area contributed by atoms with Gasteiger partial charge in [0, 0.05) is 13.7 Å². The molecule has 18 heavy (non-hydrogen) atoms. The third-order valence-electron chi connectivity index (χ3n) is 2.83. The van der Waals surface area contributed by atoms with Crippen molar-refractivity contribution in [2.75, 3.05) is 19.4 Å². The number of nitrogens with one attached hydrogen (secondary N) is 2. The number of amides is 1. The molecule has 0 aliphatic rings. The summed E-state index contributed by atoms with van der Waals surface area (Å²) in [6.45, 7) is 6.23. The van der Waals surface area contributed by atoms with Crippen LogP contribution in [0.25, 0.3) is 0 Å². The average Bonchev–Trinajstić information content (AvgIpc) is 2.69. The second kappa shape index (κ2) is 5.86. The number of methoxy groups -OCH3 is 1. The molecule has 1 heterocycles. The highest BCUT2D eigenvalue weighted by Gasteiger charge is 2.21. The van der Waals surface area contributed by atoms with Gasteiger partial charge < -0.3 is 15.8 Å². The normalized spacial score (nSPS) is 11.6. The highest BCUT2D eigenvalue weighted by atomic mass is 16.5. The number of hydrogen-bond donors (Lipinski definition) is 3. The first-order valence-corrected chi connectivity index (χ1v) is 6.07. The molecule has 0 radical (unpaired) electrons. The van der Waals surface area contributed by atoms with Crippen molar-refractivity contribution in [3.63, 3.8) is 0 Å². The van der Waals surface area contributed by atoms with Gasteiger partial charge in [-0.1, -0.05) is 13.3 Å². The lowest BCUT2D eigenvalue weighted by Crippen LogP contribution is -2.40. The number of rotatable bonds is 6. The molecule has 1 aromatic rings. The van der Waals surface area contributed by atoms with Crippen molar-refractivity contribution in [1.82, 2.24) is 15.5 Å². The molecule has 0 unspecified atom stereocenters. The molecule has 6 heteroatoms. The van der Waals surface area contributed by atoms with Crippen molar-refractivity contribution >= 4 is 11.6 Å². The first-order chi connectivity index (χ1) is 8.41. The average molecular weight is 254 g/mol. The molecule has 0 fully saturated rings. The number of ether oxygens (including phenoxy) is 1. The van der Waals surface area contributed by atoms with Crippen LogP contribution in [0.5, 0.6) is 0 Å². The van der Waals surface area contributed by atoms with E-state index in [1.54, 1.807) is 7.11 Å². The molecule has 4 N–H and O–H groups in total. The van der Waals surface area contributed by atoms with Crippen LogP contribution in [0.3, 0.4) is 0 Å². The second-order valence-corrected chi connectivity index (χ2v) is 4.86. The summed E-state index contributed by atoms with van der Waals surface area (Å²) in [5.74, 6) is -0.281. The van der Waals surface area contributed by atoms with Gasteiger partial charge in [-0.2, -0.15) is 5.10 Å². The molecule has 0 aliphatic carbocycles. The molecule has 6 nitrogen and oxygen atoms in total. The Kier molecular flexibility index (Phi) is 4.72. The molecule has 1 amide bonds. The number of aryl methyl sites for hydroxylation is 1. The monoisotopic (exact) mass is 254 g/mol. The molecule has 0 saturated heterocycles. The lowest BCUT2D eigenvalue weighted by Gasteiger charge is -2.22. The van der Waals surface area contributed by atoms with Crippen LogP contribution in [0.4, 0.5) is 5.69 Å². The maximum atomic E-state index is 11.9. The molecule has 0 aliphatic heterocycles. The van der Waals surface area contributed by atoms with Crippen LogP contribution in [0, 0.1) is 0 Å². The van der Waals surface area contributed by atoms with E-state index in [2.05, 4.69) is 15.5 Å².